The topological polar surface area (TPSA) is 118 Å². The van der Waals surface area contributed by atoms with E-state index in [1.54, 1.807) is 34.4 Å². The van der Waals surface area contributed by atoms with Gasteiger partial charge in [0.1, 0.15) is 11.8 Å². The van der Waals surface area contributed by atoms with E-state index in [4.69, 9.17) is 9.72 Å². The molecule has 3 aromatic heterocycles. The number of imidazole rings is 2. The molecule has 1 saturated heterocycles. The maximum Gasteiger partial charge on any atom is 0.328 e. The number of nitrogens with one attached hydrogen (secondary N) is 1. The maximum absolute atomic E-state index is 13.8. The molecule has 1 aliphatic carbocycles. The Hall–Kier alpha value is -3.85. The molecule has 2 aliphatic rings. The lowest BCUT2D eigenvalue weighted by molar-refractivity contribution is -0.0265. The zero-order valence-corrected chi connectivity index (χ0v) is 18.9. The second-order valence-corrected chi connectivity index (χ2v) is 9.15. The van der Waals surface area contributed by atoms with Crippen molar-refractivity contribution in [2.75, 3.05) is 25.1 Å². The summed E-state index contributed by atoms with van der Waals surface area (Å²) >= 11 is 0. The van der Waals surface area contributed by atoms with Crippen molar-refractivity contribution in [3.8, 4) is 12.0 Å². The third-order valence-corrected chi connectivity index (χ3v) is 6.92. The van der Waals surface area contributed by atoms with Crippen molar-refractivity contribution in [3.05, 3.63) is 40.6 Å². The van der Waals surface area contributed by atoms with Crippen LogP contribution in [-0.2, 0) is 4.74 Å². The number of aromatic nitrogens is 6. The van der Waals surface area contributed by atoms with Gasteiger partial charge in [0.15, 0.2) is 11.5 Å². The van der Waals surface area contributed by atoms with Crippen molar-refractivity contribution >= 4 is 28.0 Å². The van der Waals surface area contributed by atoms with Gasteiger partial charge in [-0.3, -0.25) is 9.13 Å². The minimum atomic E-state index is -2.82. The van der Waals surface area contributed by atoms with E-state index in [0.29, 0.717) is 27.8 Å². The number of benzene rings is 1. The number of aromatic amines is 1. The van der Waals surface area contributed by atoms with Gasteiger partial charge in [0.05, 0.1) is 41.9 Å². The average Bonchev–Trinajstić information content (AvgIpc) is 3.41. The number of alkyl halides is 2. The number of fused-ring (bicyclic) bond motifs is 2. The number of hydrogen-bond donors (Lipinski definition) is 1. The van der Waals surface area contributed by atoms with Crippen LogP contribution < -0.4 is 10.6 Å². The predicted molar refractivity (Wildman–Crippen MR) is 123 cm³/mol. The van der Waals surface area contributed by atoms with Crippen LogP contribution >= 0.6 is 0 Å². The highest BCUT2D eigenvalue weighted by Crippen LogP contribution is 2.36. The second kappa shape index (κ2) is 7.84. The van der Waals surface area contributed by atoms with Crippen molar-refractivity contribution in [1.82, 2.24) is 29.1 Å². The smallest absolute Gasteiger partial charge is 0.328 e. The van der Waals surface area contributed by atoms with E-state index in [2.05, 4.69) is 21.0 Å². The van der Waals surface area contributed by atoms with E-state index in [-0.39, 0.29) is 29.6 Å². The van der Waals surface area contributed by atoms with Crippen LogP contribution in [0.1, 0.15) is 37.3 Å². The first kappa shape index (κ1) is 21.7. The molecule has 0 bridgehead atoms. The van der Waals surface area contributed by atoms with Gasteiger partial charge >= 0.3 is 5.69 Å². The predicted octanol–water partition coefficient (Wildman–Crippen LogP) is 2.92. The van der Waals surface area contributed by atoms with Gasteiger partial charge in [0, 0.05) is 13.2 Å². The highest BCUT2D eigenvalue weighted by molar-refractivity contribution is 5.86. The first-order chi connectivity index (χ1) is 16.9. The quantitative estimate of drug-likeness (QED) is 0.477. The largest absolute Gasteiger partial charge is 0.381 e. The van der Waals surface area contributed by atoms with E-state index in [1.165, 1.54) is 11.2 Å². The zero-order valence-electron chi connectivity index (χ0n) is 18.9. The number of methoxy groups -OCH3 is 1. The maximum atomic E-state index is 13.8. The van der Waals surface area contributed by atoms with Crippen LogP contribution in [0.2, 0.25) is 0 Å². The highest BCUT2D eigenvalue weighted by atomic mass is 19.3. The fourth-order valence-electron chi connectivity index (χ4n) is 5.09. The van der Waals surface area contributed by atoms with Gasteiger partial charge in [0.25, 0.3) is 5.92 Å². The molecule has 0 spiro atoms. The number of rotatable bonds is 4. The summed E-state index contributed by atoms with van der Waals surface area (Å²) in [6.45, 7) is -0.984. The van der Waals surface area contributed by atoms with E-state index < -0.39 is 19.0 Å². The Labute approximate surface area is 197 Å². The van der Waals surface area contributed by atoms with Crippen LogP contribution in [0.15, 0.2) is 29.3 Å². The molecule has 0 radical (unpaired) electrons. The van der Waals surface area contributed by atoms with Gasteiger partial charge in [0.2, 0.25) is 5.95 Å². The Morgan fingerprint density at radius 2 is 1.97 bits per heavy atom. The summed E-state index contributed by atoms with van der Waals surface area (Å²) in [7, 11) is 1.69. The van der Waals surface area contributed by atoms with Gasteiger partial charge in [-0.05, 0) is 43.9 Å². The lowest BCUT2D eigenvalue weighted by Gasteiger charge is -2.39. The molecule has 1 aromatic carbocycles. The molecule has 6 rings (SSSR count). The molecule has 12 heteroatoms. The summed E-state index contributed by atoms with van der Waals surface area (Å²) in [6, 6.07) is 7.06. The average molecular weight is 480 g/mol. The lowest BCUT2D eigenvalue weighted by atomic mass is 9.93. The van der Waals surface area contributed by atoms with Crippen LogP contribution in [-0.4, -0.2) is 61.3 Å². The van der Waals surface area contributed by atoms with Gasteiger partial charge in [-0.15, -0.1) is 0 Å². The molecular weight excluding hydrogens is 458 g/mol. The zero-order chi connectivity index (χ0) is 24.3. The Morgan fingerprint density at radius 3 is 2.66 bits per heavy atom. The van der Waals surface area contributed by atoms with E-state index in [0.717, 1.165) is 25.7 Å². The molecule has 0 amide bonds. The van der Waals surface area contributed by atoms with Crippen LogP contribution in [0.5, 0.6) is 0 Å². The van der Waals surface area contributed by atoms with Gasteiger partial charge < -0.3 is 14.6 Å². The standard InChI is InChI=1S/C23H22F2N8O2/c1-35-15-5-3-14(4-6-15)33-20-18(28-22(33)34)19(31-10-23(24,25)11-31)29-21(30-20)32-12-27-16-7-2-13(9-26)8-17(16)32/h2,7-8,12,14-15H,3-6,10-11H2,1H3,(H,28,34). The van der Waals surface area contributed by atoms with Crippen molar-refractivity contribution in [3.63, 3.8) is 0 Å². The van der Waals surface area contributed by atoms with Gasteiger partial charge in [-0.25, -0.2) is 18.6 Å². The molecule has 2 fully saturated rings. The third-order valence-electron chi connectivity index (χ3n) is 6.92. The molecule has 4 heterocycles. The molecular formula is C23H22F2N8O2. The number of nitriles is 1. The highest BCUT2D eigenvalue weighted by Gasteiger charge is 2.45. The van der Waals surface area contributed by atoms with Crippen LogP contribution in [0.4, 0.5) is 14.6 Å². The van der Waals surface area contributed by atoms with Gasteiger partial charge in [-0.2, -0.15) is 15.2 Å². The van der Waals surface area contributed by atoms with Crippen molar-refractivity contribution in [2.45, 2.75) is 43.8 Å². The van der Waals surface area contributed by atoms with Crippen molar-refractivity contribution in [2.24, 2.45) is 0 Å². The number of H-pyrrole nitrogens is 1. The summed E-state index contributed by atoms with van der Waals surface area (Å²) in [5, 5.41) is 9.32. The SMILES string of the molecule is COC1CCC(n2c(=O)[nH]c3c(N4CC(F)(F)C4)nc(-n4cnc5ccc(C#N)cc54)nc32)CC1. The Bertz CT molecular complexity index is 1530. The molecule has 35 heavy (non-hydrogen) atoms. The summed E-state index contributed by atoms with van der Waals surface area (Å²) < 4.78 is 36.2. The minimum absolute atomic E-state index is 0.0965. The minimum Gasteiger partial charge on any atom is -0.381 e. The van der Waals surface area contributed by atoms with Gasteiger partial charge in [-0.1, -0.05) is 0 Å². The molecule has 1 aliphatic heterocycles. The molecule has 10 nitrogen and oxygen atoms in total. The van der Waals surface area contributed by atoms with Crippen molar-refractivity contribution in [1.29, 1.82) is 5.26 Å². The van der Waals surface area contributed by atoms with Crippen LogP contribution in [0.3, 0.4) is 0 Å². The Balaban J connectivity index is 1.53. The second-order valence-electron chi connectivity index (χ2n) is 9.15. The van der Waals surface area contributed by atoms with Crippen molar-refractivity contribution < 1.29 is 13.5 Å². The fraction of sp³-hybridized carbons (Fsp3) is 0.435. The molecule has 0 atom stereocenters. The van der Waals surface area contributed by atoms with Crippen LogP contribution in [0, 0.1) is 11.3 Å². The summed E-state index contributed by atoms with van der Waals surface area (Å²) in [4.78, 5) is 31.0. The molecule has 180 valence electrons. The van der Waals surface area contributed by atoms with E-state index in [9.17, 15) is 18.8 Å². The molecule has 0 unspecified atom stereocenters. The number of halogens is 2. The normalized spacial score (nSPS) is 21.8. The lowest BCUT2D eigenvalue weighted by Crippen LogP contribution is -2.56. The molecule has 1 N–H and O–H groups in total. The first-order valence-electron chi connectivity index (χ1n) is 11.4. The molecule has 4 aromatic rings. The third kappa shape index (κ3) is 3.54. The van der Waals surface area contributed by atoms with Crippen LogP contribution in [0.25, 0.3) is 28.1 Å². The summed E-state index contributed by atoms with van der Waals surface area (Å²) in [6.07, 6.45) is 4.78. The number of anilines is 1. The number of nitrogens with zero attached hydrogens (tertiary/aromatic N) is 7. The number of ether oxygens (including phenoxy) is 1. The summed E-state index contributed by atoms with van der Waals surface area (Å²) in [5.41, 5.74) is 2.04. The first-order valence-corrected chi connectivity index (χ1v) is 11.4. The monoisotopic (exact) mass is 480 g/mol. The summed E-state index contributed by atoms with van der Waals surface area (Å²) in [5.74, 6) is -2.38. The number of hydrogen-bond acceptors (Lipinski definition) is 7. The van der Waals surface area contributed by atoms with E-state index in [1.807, 2.05) is 0 Å². The fourth-order valence-corrected chi connectivity index (χ4v) is 5.09. The molecule has 1 saturated carbocycles. The Morgan fingerprint density at radius 1 is 1.20 bits per heavy atom. The Kier molecular flexibility index (Phi) is 4.86. The van der Waals surface area contributed by atoms with E-state index >= 15 is 0 Å².